The lowest BCUT2D eigenvalue weighted by Crippen LogP contribution is -2.03. The van der Waals surface area contributed by atoms with Crippen molar-refractivity contribution in [1.29, 1.82) is 0 Å². The molecule has 3 aromatic rings. The first kappa shape index (κ1) is 14.8. The molecule has 0 fully saturated rings. The highest BCUT2D eigenvalue weighted by atomic mass is 19.1. The summed E-state index contributed by atoms with van der Waals surface area (Å²) in [7, 11) is 0. The van der Waals surface area contributed by atoms with Crippen LogP contribution in [0.15, 0.2) is 53.7 Å². The van der Waals surface area contributed by atoms with Gasteiger partial charge in [0.1, 0.15) is 11.3 Å². The van der Waals surface area contributed by atoms with Crippen molar-refractivity contribution in [2.75, 3.05) is 0 Å². The molecule has 1 aromatic heterocycles. The summed E-state index contributed by atoms with van der Waals surface area (Å²) in [5, 5.41) is 8.46. The number of halogens is 1. The van der Waals surface area contributed by atoms with E-state index in [1.807, 2.05) is 35.1 Å². The van der Waals surface area contributed by atoms with Crippen molar-refractivity contribution in [2.45, 2.75) is 26.3 Å². The number of benzene rings is 2. The van der Waals surface area contributed by atoms with Crippen LogP contribution in [-0.2, 0) is 0 Å². The molecule has 2 heterocycles. The van der Waals surface area contributed by atoms with Crippen LogP contribution in [0.2, 0.25) is 0 Å². The molecular weight excluding hydrogens is 303 g/mol. The first-order chi connectivity index (χ1) is 11.6. The average molecular weight is 320 g/mol. The Labute approximate surface area is 139 Å². The van der Waals surface area contributed by atoms with Crippen LogP contribution < -0.4 is 0 Å². The van der Waals surface area contributed by atoms with Gasteiger partial charge in [-0.15, -0.1) is 5.10 Å². The summed E-state index contributed by atoms with van der Waals surface area (Å²) in [5.41, 5.74) is 5.78. The third-order valence-electron chi connectivity index (χ3n) is 4.22. The molecule has 1 aliphatic heterocycles. The van der Waals surface area contributed by atoms with Gasteiger partial charge >= 0.3 is 0 Å². The van der Waals surface area contributed by atoms with Crippen molar-refractivity contribution in [1.82, 2.24) is 15.0 Å². The largest absolute Gasteiger partial charge is 0.260 e. The van der Waals surface area contributed by atoms with Crippen molar-refractivity contribution >= 4 is 22.3 Å². The van der Waals surface area contributed by atoms with E-state index in [1.165, 1.54) is 6.07 Å². The van der Waals surface area contributed by atoms with Crippen LogP contribution in [0.3, 0.4) is 0 Å². The fraction of sp³-hybridized carbons (Fsp3) is 0.211. The third-order valence-corrected chi connectivity index (χ3v) is 4.22. The molecule has 0 spiro atoms. The molecule has 0 saturated heterocycles. The summed E-state index contributed by atoms with van der Waals surface area (Å²) in [4.78, 5) is 4.52. The highest BCUT2D eigenvalue weighted by molar-refractivity contribution is 6.10. The Bertz CT molecular complexity index is 982. The molecular formula is C19H17FN4. The van der Waals surface area contributed by atoms with Gasteiger partial charge in [0.05, 0.1) is 11.2 Å². The zero-order chi connectivity index (χ0) is 16.7. The molecule has 120 valence electrons. The highest BCUT2D eigenvalue weighted by Gasteiger charge is 2.16. The summed E-state index contributed by atoms with van der Waals surface area (Å²) in [6.07, 6.45) is 2.51. The van der Waals surface area contributed by atoms with E-state index >= 15 is 0 Å². The summed E-state index contributed by atoms with van der Waals surface area (Å²) in [5.74, 6) is -0.228. The predicted molar refractivity (Wildman–Crippen MR) is 93.4 cm³/mol. The SMILES string of the molecule is CC(C)n1nnc2cc(C3=NC=C(c4cccc(F)c4)C3)ccc21. The Morgan fingerprint density at radius 3 is 2.75 bits per heavy atom. The van der Waals surface area contributed by atoms with E-state index in [0.29, 0.717) is 6.42 Å². The van der Waals surface area contributed by atoms with Gasteiger partial charge in [0.25, 0.3) is 0 Å². The molecule has 5 heteroatoms. The fourth-order valence-corrected chi connectivity index (χ4v) is 2.97. The van der Waals surface area contributed by atoms with Crippen molar-refractivity contribution in [3.05, 3.63) is 65.6 Å². The maximum Gasteiger partial charge on any atom is 0.123 e. The Hall–Kier alpha value is -2.82. The van der Waals surface area contributed by atoms with E-state index in [0.717, 1.165) is 33.4 Å². The van der Waals surface area contributed by atoms with Gasteiger partial charge in [-0.25, -0.2) is 9.07 Å². The van der Waals surface area contributed by atoms with Crippen LogP contribution in [0.25, 0.3) is 16.6 Å². The Morgan fingerprint density at radius 2 is 1.96 bits per heavy atom. The van der Waals surface area contributed by atoms with Crippen LogP contribution in [0.4, 0.5) is 4.39 Å². The Balaban J connectivity index is 1.61. The number of nitrogens with zero attached hydrogens (tertiary/aromatic N) is 4. The molecule has 1 aliphatic rings. The summed E-state index contributed by atoms with van der Waals surface area (Å²) >= 11 is 0. The smallest absolute Gasteiger partial charge is 0.123 e. The lowest BCUT2D eigenvalue weighted by Gasteiger charge is -2.07. The number of allylic oxidation sites excluding steroid dienone is 1. The van der Waals surface area contributed by atoms with E-state index in [4.69, 9.17) is 0 Å². The topological polar surface area (TPSA) is 43.1 Å². The fourth-order valence-electron chi connectivity index (χ4n) is 2.97. The van der Waals surface area contributed by atoms with Crippen LogP contribution in [0.1, 0.15) is 37.4 Å². The lowest BCUT2D eigenvalue weighted by molar-refractivity contribution is 0.530. The summed E-state index contributed by atoms with van der Waals surface area (Å²) < 4.78 is 15.3. The summed E-state index contributed by atoms with van der Waals surface area (Å²) in [6.45, 7) is 4.16. The number of hydrogen-bond donors (Lipinski definition) is 0. The van der Waals surface area contributed by atoms with Crippen LogP contribution >= 0.6 is 0 Å². The standard InChI is InChI=1S/C19H17FN4/c1-12(2)24-19-7-6-14(9-18(19)22-23-24)17-10-15(11-21-17)13-4-3-5-16(20)8-13/h3-9,11-12H,10H2,1-2H3. The second-order valence-corrected chi connectivity index (χ2v) is 6.25. The third kappa shape index (κ3) is 2.52. The van der Waals surface area contributed by atoms with Crippen molar-refractivity contribution < 1.29 is 4.39 Å². The molecule has 0 N–H and O–H groups in total. The zero-order valence-electron chi connectivity index (χ0n) is 13.6. The Morgan fingerprint density at radius 1 is 1.08 bits per heavy atom. The van der Waals surface area contributed by atoms with Crippen molar-refractivity contribution in [3.63, 3.8) is 0 Å². The molecule has 0 amide bonds. The minimum atomic E-state index is -0.228. The predicted octanol–water partition coefficient (Wildman–Crippen LogP) is 4.39. The molecule has 4 nitrogen and oxygen atoms in total. The van der Waals surface area contributed by atoms with Gasteiger partial charge in [0.15, 0.2) is 0 Å². The number of hydrogen-bond acceptors (Lipinski definition) is 3. The first-order valence-electron chi connectivity index (χ1n) is 7.99. The lowest BCUT2D eigenvalue weighted by atomic mass is 9.99. The maximum absolute atomic E-state index is 13.4. The second-order valence-electron chi connectivity index (χ2n) is 6.25. The number of aromatic nitrogens is 3. The minimum Gasteiger partial charge on any atom is -0.260 e. The summed E-state index contributed by atoms with van der Waals surface area (Å²) in [6, 6.07) is 13.0. The molecule has 0 bridgehead atoms. The maximum atomic E-state index is 13.4. The van der Waals surface area contributed by atoms with Crippen molar-refractivity contribution in [2.24, 2.45) is 4.99 Å². The van der Waals surface area contributed by atoms with Gasteiger partial charge < -0.3 is 0 Å². The van der Waals surface area contributed by atoms with Gasteiger partial charge in [-0.1, -0.05) is 23.4 Å². The minimum absolute atomic E-state index is 0.228. The number of fused-ring (bicyclic) bond motifs is 1. The van der Waals surface area contributed by atoms with Gasteiger partial charge in [-0.05, 0) is 54.8 Å². The normalized spacial score (nSPS) is 14.3. The van der Waals surface area contributed by atoms with E-state index in [-0.39, 0.29) is 11.9 Å². The van der Waals surface area contributed by atoms with Crippen molar-refractivity contribution in [3.8, 4) is 0 Å². The average Bonchev–Trinajstić information content (AvgIpc) is 3.21. The van der Waals surface area contributed by atoms with Gasteiger partial charge in [-0.2, -0.15) is 0 Å². The van der Waals surface area contributed by atoms with Crippen LogP contribution in [0.5, 0.6) is 0 Å². The van der Waals surface area contributed by atoms with E-state index in [1.54, 1.807) is 12.1 Å². The van der Waals surface area contributed by atoms with Gasteiger partial charge in [0, 0.05) is 18.7 Å². The number of rotatable bonds is 3. The molecule has 0 radical (unpaired) electrons. The molecule has 0 atom stereocenters. The molecule has 24 heavy (non-hydrogen) atoms. The van der Waals surface area contributed by atoms with Crippen LogP contribution in [-0.4, -0.2) is 20.7 Å². The molecule has 0 unspecified atom stereocenters. The zero-order valence-corrected chi connectivity index (χ0v) is 13.6. The van der Waals surface area contributed by atoms with E-state index in [9.17, 15) is 4.39 Å². The molecule has 0 saturated carbocycles. The highest BCUT2D eigenvalue weighted by Crippen LogP contribution is 2.28. The molecule has 2 aromatic carbocycles. The van der Waals surface area contributed by atoms with E-state index < -0.39 is 0 Å². The monoisotopic (exact) mass is 320 g/mol. The first-order valence-corrected chi connectivity index (χ1v) is 7.99. The number of aliphatic imine (C=N–C) groups is 1. The Kier molecular flexibility index (Phi) is 3.49. The second kappa shape index (κ2) is 5.67. The van der Waals surface area contributed by atoms with Crippen LogP contribution in [0, 0.1) is 5.82 Å². The molecule has 0 aliphatic carbocycles. The van der Waals surface area contributed by atoms with Gasteiger partial charge in [0.2, 0.25) is 0 Å². The molecule has 4 rings (SSSR count). The quantitative estimate of drug-likeness (QED) is 0.718. The van der Waals surface area contributed by atoms with E-state index in [2.05, 4.69) is 29.2 Å². The van der Waals surface area contributed by atoms with Gasteiger partial charge in [-0.3, -0.25) is 4.99 Å².